The zero-order chi connectivity index (χ0) is 19.7. The number of rotatable bonds is 6. The molecule has 0 unspecified atom stereocenters. The van der Waals surface area contributed by atoms with Crippen LogP contribution in [-0.4, -0.2) is 40.4 Å². The summed E-state index contributed by atoms with van der Waals surface area (Å²) in [4.78, 5) is 19.8. The number of hydrogen-bond acceptors (Lipinski definition) is 4. The van der Waals surface area contributed by atoms with Crippen LogP contribution in [0.15, 0.2) is 36.5 Å². The second-order valence-corrected chi connectivity index (χ2v) is 7.87. The van der Waals surface area contributed by atoms with Gasteiger partial charge in [0.15, 0.2) is 5.78 Å². The van der Waals surface area contributed by atoms with Crippen molar-refractivity contribution in [1.82, 2.24) is 14.5 Å². The van der Waals surface area contributed by atoms with Gasteiger partial charge in [-0.1, -0.05) is 11.6 Å². The minimum Gasteiger partial charge on any atom is -0.335 e. The average Bonchev–Trinajstić information content (AvgIpc) is 2.99. The van der Waals surface area contributed by atoms with Crippen LogP contribution in [-0.2, 0) is 25.9 Å². The molecule has 4 rings (SSSR count). The monoisotopic (exact) mass is 376 g/mol. The number of nitrogens with two attached hydrogens (primary N) is 1. The number of hydrogen-bond donors (Lipinski definition) is 1. The zero-order valence-corrected chi connectivity index (χ0v) is 16.7. The van der Waals surface area contributed by atoms with Gasteiger partial charge >= 0.3 is 0 Å². The number of Topliss-reactive ketones (excluding diaryl/α,β-unsaturated/α-hetero) is 1. The minimum absolute atomic E-state index is 0.103. The summed E-state index contributed by atoms with van der Waals surface area (Å²) in [5.74, 6) is 0.103. The first-order valence-corrected chi connectivity index (χ1v) is 10.0. The summed E-state index contributed by atoms with van der Waals surface area (Å²) in [6.45, 7) is 5.07. The Hall–Kier alpha value is -2.50. The van der Waals surface area contributed by atoms with Crippen molar-refractivity contribution in [2.75, 3.05) is 20.1 Å². The summed E-state index contributed by atoms with van der Waals surface area (Å²) >= 11 is 0. The highest BCUT2D eigenvalue weighted by molar-refractivity contribution is 5.97. The Labute approximate surface area is 166 Å². The summed E-state index contributed by atoms with van der Waals surface area (Å²) in [5, 5.41) is 1.30. The SMILES string of the molecule is Cc1ccc2c(c1)c1c(n2CC(=O)c2ccc(CCCN)nc2)CN(C)CC1. The number of aryl methyl sites for hydroxylation is 2. The largest absolute Gasteiger partial charge is 0.335 e. The predicted octanol–water partition coefficient (Wildman–Crippen LogP) is 3.11. The second-order valence-electron chi connectivity index (χ2n) is 7.87. The summed E-state index contributed by atoms with van der Waals surface area (Å²) < 4.78 is 2.21. The van der Waals surface area contributed by atoms with Crippen LogP contribution in [0.25, 0.3) is 10.9 Å². The molecule has 0 saturated heterocycles. The predicted molar refractivity (Wildman–Crippen MR) is 113 cm³/mol. The molecule has 1 aliphatic rings. The number of carbonyl (C=O) groups excluding carboxylic acids is 1. The number of pyridine rings is 1. The van der Waals surface area contributed by atoms with Crippen molar-refractivity contribution in [1.29, 1.82) is 0 Å². The quantitative estimate of drug-likeness (QED) is 0.672. The van der Waals surface area contributed by atoms with E-state index in [2.05, 4.69) is 46.6 Å². The summed E-state index contributed by atoms with van der Waals surface area (Å²) in [7, 11) is 2.14. The molecule has 0 radical (unpaired) electrons. The van der Waals surface area contributed by atoms with E-state index in [0.29, 0.717) is 18.7 Å². The van der Waals surface area contributed by atoms with Crippen LogP contribution in [0.4, 0.5) is 0 Å². The maximum absolute atomic E-state index is 13.0. The number of fused-ring (bicyclic) bond motifs is 3. The third-order valence-corrected chi connectivity index (χ3v) is 5.69. The highest BCUT2D eigenvalue weighted by Crippen LogP contribution is 2.31. The fraction of sp³-hybridized carbons (Fsp3) is 0.391. The summed E-state index contributed by atoms with van der Waals surface area (Å²) in [6, 6.07) is 10.4. The van der Waals surface area contributed by atoms with E-state index in [9.17, 15) is 4.79 Å². The van der Waals surface area contributed by atoms with Gasteiger partial charge in [-0.05, 0) is 69.6 Å². The van der Waals surface area contributed by atoms with E-state index >= 15 is 0 Å². The molecular formula is C23H28N4O. The molecule has 0 spiro atoms. The number of carbonyl (C=O) groups is 1. The van der Waals surface area contributed by atoms with Crippen LogP contribution in [0.2, 0.25) is 0 Å². The van der Waals surface area contributed by atoms with Gasteiger partial charge in [0, 0.05) is 47.1 Å². The molecule has 2 N–H and O–H groups in total. The van der Waals surface area contributed by atoms with Crippen molar-refractivity contribution in [2.24, 2.45) is 5.73 Å². The summed E-state index contributed by atoms with van der Waals surface area (Å²) in [5.41, 5.74) is 12.3. The Bertz CT molecular complexity index is 1000. The Kier molecular flexibility index (Phi) is 5.29. The lowest BCUT2D eigenvalue weighted by atomic mass is 10.0. The molecule has 0 atom stereocenters. The maximum Gasteiger partial charge on any atom is 0.184 e. The van der Waals surface area contributed by atoms with Crippen LogP contribution in [0.3, 0.4) is 0 Å². The first-order valence-electron chi connectivity index (χ1n) is 10.0. The molecule has 3 heterocycles. The van der Waals surface area contributed by atoms with E-state index in [4.69, 9.17) is 5.73 Å². The highest BCUT2D eigenvalue weighted by Gasteiger charge is 2.23. The highest BCUT2D eigenvalue weighted by atomic mass is 16.1. The summed E-state index contributed by atoms with van der Waals surface area (Å²) in [6.07, 6.45) is 4.51. The van der Waals surface area contributed by atoms with Gasteiger partial charge in [-0.3, -0.25) is 9.78 Å². The van der Waals surface area contributed by atoms with Crippen molar-refractivity contribution in [2.45, 2.75) is 39.3 Å². The number of likely N-dealkylation sites (N-methyl/N-ethyl adjacent to an activating group) is 1. The minimum atomic E-state index is 0.103. The van der Waals surface area contributed by atoms with Gasteiger partial charge in [0.25, 0.3) is 0 Å². The van der Waals surface area contributed by atoms with Gasteiger partial charge in [0.1, 0.15) is 0 Å². The van der Waals surface area contributed by atoms with Crippen molar-refractivity contribution in [3.8, 4) is 0 Å². The molecular weight excluding hydrogens is 348 g/mol. The van der Waals surface area contributed by atoms with Gasteiger partial charge in [0.05, 0.1) is 6.54 Å². The van der Waals surface area contributed by atoms with Gasteiger partial charge < -0.3 is 15.2 Å². The molecule has 5 nitrogen and oxygen atoms in total. The van der Waals surface area contributed by atoms with Crippen molar-refractivity contribution in [3.05, 3.63) is 64.6 Å². The van der Waals surface area contributed by atoms with E-state index in [-0.39, 0.29) is 5.78 Å². The van der Waals surface area contributed by atoms with Crippen molar-refractivity contribution < 1.29 is 4.79 Å². The lowest BCUT2D eigenvalue weighted by Crippen LogP contribution is -2.28. The van der Waals surface area contributed by atoms with E-state index in [1.165, 1.54) is 22.2 Å². The van der Waals surface area contributed by atoms with Crippen LogP contribution in [0, 0.1) is 6.92 Å². The first-order chi connectivity index (χ1) is 13.6. The van der Waals surface area contributed by atoms with Gasteiger partial charge in [-0.25, -0.2) is 0 Å². The lowest BCUT2D eigenvalue weighted by molar-refractivity contribution is 0.0971. The third-order valence-electron chi connectivity index (χ3n) is 5.69. The Morgan fingerprint density at radius 1 is 1.25 bits per heavy atom. The molecule has 3 aromatic rings. The zero-order valence-electron chi connectivity index (χ0n) is 16.7. The molecule has 1 aromatic carbocycles. The van der Waals surface area contributed by atoms with E-state index in [1.807, 2.05) is 12.1 Å². The molecule has 28 heavy (non-hydrogen) atoms. The van der Waals surface area contributed by atoms with Gasteiger partial charge in [-0.15, -0.1) is 0 Å². The molecule has 0 amide bonds. The van der Waals surface area contributed by atoms with Crippen molar-refractivity contribution >= 4 is 16.7 Å². The number of nitrogens with zero attached hydrogens (tertiary/aromatic N) is 3. The molecule has 1 aliphatic heterocycles. The third kappa shape index (κ3) is 3.60. The number of benzene rings is 1. The van der Waals surface area contributed by atoms with E-state index in [1.54, 1.807) is 6.20 Å². The number of ketones is 1. The molecule has 0 bridgehead atoms. The Morgan fingerprint density at radius 3 is 2.86 bits per heavy atom. The number of aromatic nitrogens is 2. The van der Waals surface area contributed by atoms with E-state index < -0.39 is 0 Å². The van der Waals surface area contributed by atoms with Crippen LogP contribution in [0.1, 0.15) is 39.3 Å². The van der Waals surface area contributed by atoms with Crippen LogP contribution < -0.4 is 5.73 Å². The average molecular weight is 377 g/mol. The molecule has 146 valence electrons. The Morgan fingerprint density at radius 2 is 2.11 bits per heavy atom. The topological polar surface area (TPSA) is 64.1 Å². The lowest BCUT2D eigenvalue weighted by Gasteiger charge is -2.24. The smallest absolute Gasteiger partial charge is 0.184 e. The molecule has 2 aromatic heterocycles. The van der Waals surface area contributed by atoms with Gasteiger partial charge in [0.2, 0.25) is 0 Å². The van der Waals surface area contributed by atoms with Gasteiger partial charge in [-0.2, -0.15) is 0 Å². The maximum atomic E-state index is 13.0. The molecule has 0 aliphatic carbocycles. The standard InChI is InChI=1S/C23H28N4O/c1-16-5-8-21-20(12-16)19-9-11-26(2)14-22(19)27(21)15-23(28)17-6-7-18(25-13-17)4-3-10-24/h5-8,12-13H,3-4,9-11,14-15,24H2,1-2H3. The van der Waals surface area contributed by atoms with Crippen LogP contribution in [0.5, 0.6) is 0 Å². The first kappa shape index (κ1) is 18.8. The molecule has 0 fully saturated rings. The van der Waals surface area contributed by atoms with Crippen molar-refractivity contribution in [3.63, 3.8) is 0 Å². The molecule has 0 saturated carbocycles. The Balaban J connectivity index is 1.66. The van der Waals surface area contributed by atoms with Crippen LogP contribution >= 0.6 is 0 Å². The fourth-order valence-corrected chi connectivity index (χ4v) is 4.12. The normalized spacial score (nSPS) is 14.4. The molecule has 5 heteroatoms. The fourth-order valence-electron chi connectivity index (χ4n) is 4.12. The van der Waals surface area contributed by atoms with E-state index in [0.717, 1.165) is 43.6 Å². The second kappa shape index (κ2) is 7.86.